The first kappa shape index (κ1) is 13.0. The Morgan fingerprint density at radius 2 is 1.94 bits per heavy atom. The van der Waals surface area contributed by atoms with Crippen LogP contribution in [0, 0.1) is 19.3 Å². The quantitative estimate of drug-likeness (QED) is 0.538. The molecular weight excluding hydrogens is 216 g/mol. The van der Waals surface area contributed by atoms with Gasteiger partial charge in [-0.25, -0.2) is 4.79 Å². The lowest BCUT2D eigenvalue weighted by Crippen LogP contribution is -2.46. The molecule has 0 unspecified atom stereocenters. The van der Waals surface area contributed by atoms with Crippen molar-refractivity contribution in [3.05, 3.63) is 29.3 Å². The standard InChI is InChI=1S/C12H18N4O/c1-4-16(12(17)15-11(13)14)10-8(2)6-5-7-9(10)3/h5-7H,4H2,1-3H3,(H4,13,14,15,17). The number of para-hydroxylation sites is 1. The van der Waals surface area contributed by atoms with Crippen LogP contribution in [0.4, 0.5) is 10.5 Å². The van der Waals surface area contributed by atoms with Gasteiger partial charge in [0, 0.05) is 6.54 Å². The zero-order chi connectivity index (χ0) is 13.0. The minimum absolute atomic E-state index is 0.348. The van der Waals surface area contributed by atoms with Crippen molar-refractivity contribution in [2.45, 2.75) is 20.8 Å². The molecule has 0 fully saturated rings. The molecule has 0 bridgehead atoms. The van der Waals surface area contributed by atoms with Crippen molar-refractivity contribution in [1.82, 2.24) is 5.32 Å². The van der Waals surface area contributed by atoms with Gasteiger partial charge in [-0.15, -0.1) is 0 Å². The van der Waals surface area contributed by atoms with Crippen LogP contribution in [-0.2, 0) is 0 Å². The van der Waals surface area contributed by atoms with Crippen LogP contribution >= 0.6 is 0 Å². The molecule has 17 heavy (non-hydrogen) atoms. The molecule has 92 valence electrons. The van der Waals surface area contributed by atoms with Crippen molar-refractivity contribution in [2.24, 2.45) is 5.73 Å². The number of urea groups is 1. The number of aryl methyl sites for hydroxylation is 2. The summed E-state index contributed by atoms with van der Waals surface area (Å²) >= 11 is 0. The number of nitrogens with one attached hydrogen (secondary N) is 2. The molecule has 0 atom stereocenters. The van der Waals surface area contributed by atoms with Gasteiger partial charge in [-0.1, -0.05) is 18.2 Å². The normalized spacial score (nSPS) is 9.82. The Morgan fingerprint density at radius 1 is 1.41 bits per heavy atom. The number of nitrogens with two attached hydrogens (primary N) is 1. The summed E-state index contributed by atoms with van der Waals surface area (Å²) in [5, 5.41) is 9.38. The first-order valence-electron chi connectivity index (χ1n) is 5.46. The average molecular weight is 234 g/mol. The molecule has 4 N–H and O–H groups in total. The summed E-state index contributed by atoms with van der Waals surface area (Å²) in [7, 11) is 0. The van der Waals surface area contributed by atoms with E-state index >= 15 is 0 Å². The van der Waals surface area contributed by atoms with Crippen molar-refractivity contribution in [1.29, 1.82) is 5.41 Å². The second-order valence-electron chi connectivity index (χ2n) is 3.83. The zero-order valence-electron chi connectivity index (χ0n) is 10.4. The van der Waals surface area contributed by atoms with Gasteiger partial charge in [0.05, 0.1) is 5.69 Å². The number of hydrogen-bond donors (Lipinski definition) is 3. The molecule has 0 radical (unpaired) electrons. The highest BCUT2D eigenvalue weighted by molar-refractivity contribution is 6.03. The number of nitrogens with zero attached hydrogens (tertiary/aromatic N) is 1. The van der Waals surface area contributed by atoms with E-state index in [9.17, 15) is 4.79 Å². The summed E-state index contributed by atoms with van der Waals surface area (Å²) in [5.74, 6) is -0.348. The van der Waals surface area contributed by atoms with E-state index in [0.29, 0.717) is 6.54 Å². The van der Waals surface area contributed by atoms with E-state index in [-0.39, 0.29) is 12.0 Å². The minimum Gasteiger partial charge on any atom is -0.370 e. The maximum absolute atomic E-state index is 11.9. The highest BCUT2D eigenvalue weighted by Gasteiger charge is 2.17. The molecule has 0 saturated heterocycles. The van der Waals surface area contributed by atoms with Crippen LogP contribution in [0.15, 0.2) is 18.2 Å². The number of carbonyl (C=O) groups is 1. The lowest BCUT2D eigenvalue weighted by Gasteiger charge is -2.24. The molecule has 5 nitrogen and oxygen atoms in total. The van der Waals surface area contributed by atoms with Crippen LogP contribution in [0.5, 0.6) is 0 Å². The third kappa shape index (κ3) is 2.96. The molecule has 0 aliphatic heterocycles. The summed E-state index contributed by atoms with van der Waals surface area (Å²) < 4.78 is 0. The smallest absolute Gasteiger partial charge is 0.328 e. The molecule has 1 rings (SSSR count). The summed E-state index contributed by atoms with van der Waals surface area (Å²) in [6, 6.07) is 5.47. The van der Waals surface area contributed by atoms with Gasteiger partial charge < -0.3 is 5.73 Å². The van der Waals surface area contributed by atoms with E-state index in [1.165, 1.54) is 0 Å². The van der Waals surface area contributed by atoms with Crippen LogP contribution in [0.25, 0.3) is 0 Å². The molecule has 0 heterocycles. The number of anilines is 1. The highest BCUT2D eigenvalue weighted by atomic mass is 16.2. The predicted molar refractivity (Wildman–Crippen MR) is 69.4 cm³/mol. The molecule has 5 heteroatoms. The zero-order valence-corrected chi connectivity index (χ0v) is 10.4. The van der Waals surface area contributed by atoms with Crippen LogP contribution < -0.4 is 16.0 Å². The van der Waals surface area contributed by atoms with Gasteiger partial charge in [-0.05, 0) is 31.9 Å². The van der Waals surface area contributed by atoms with Gasteiger partial charge in [0.15, 0.2) is 5.96 Å². The second-order valence-corrected chi connectivity index (χ2v) is 3.83. The predicted octanol–water partition coefficient (Wildman–Crippen LogP) is 1.73. The van der Waals surface area contributed by atoms with Gasteiger partial charge in [0.2, 0.25) is 0 Å². The van der Waals surface area contributed by atoms with Crippen molar-refractivity contribution in [3.8, 4) is 0 Å². The number of hydrogen-bond acceptors (Lipinski definition) is 2. The van der Waals surface area contributed by atoms with E-state index in [1.54, 1.807) is 4.90 Å². The maximum Gasteiger partial charge on any atom is 0.328 e. The lowest BCUT2D eigenvalue weighted by molar-refractivity contribution is 0.250. The van der Waals surface area contributed by atoms with E-state index in [1.807, 2.05) is 39.0 Å². The Kier molecular flexibility index (Phi) is 4.09. The number of rotatable bonds is 2. The second kappa shape index (κ2) is 5.34. The molecule has 0 saturated carbocycles. The van der Waals surface area contributed by atoms with Crippen LogP contribution in [0.2, 0.25) is 0 Å². The Bertz CT molecular complexity index is 422. The van der Waals surface area contributed by atoms with Crippen molar-refractivity contribution in [3.63, 3.8) is 0 Å². The fourth-order valence-electron chi connectivity index (χ4n) is 1.82. The van der Waals surface area contributed by atoms with Gasteiger partial charge in [-0.3, -0.25) is 15.6 Å². The van der Waals surface area contributed by atoms with E-state index in [0.717, 1.165) is 16.8 Å². The Hall–Kier alpha value is -2.04. The topological polar surface area (TPSA) is 82.2 Å². The molecule has 2 amide bonds. The lowest BCUT2D eigenvalue weighted by atomic mass is 10.1. The van der Waals surface area contributed by atoms with Gasteiger partial charge in [0.25, 0.3) is 0 Å². The Morgan fingerprint density at radius 3 is 2.35 bits per heavy atom. The molecule has 0 aliphatic rings. The third-order valence-electron chi connectivity index (χ3n) is 2.51. The van der Waals surface area contributed by atoms with E-state index in [2.05, 4.69) is 5.32 Å². The van der Waals surface area contributed by atoms with Crippen molar-refractivity contribution >= 4 is 17.7 Å². The molecule has 0 aliphatic carbocycles. The van der Waals surface area contributed by atoms with E-state index < -0.39 is 0 Å². The summed E-state index contributed by atoms with van der Waals surface area (Å²) in [4.78, 5) is 13.5. The minimum atomic E-state index is -0.377. The van der Waals surface area contributed by atoms with Crippen LogP contribution in [0.1, 0.15) is 18.1 Å². The van der Waals surface area contributed by atoms with Crippen LogP contribution in [-0.4, -0.2) is 18.5 Å². The largest absolute Gasteiger partial charge is 0.370 e. The maximum atomic E-state index is 11.9. The fraction of sp³-hybridized carbons (Fsp3) is 0.333. The van der Waals surface area contributed by atoms with Gasteiger partial charge in [-0.2, -0.15) is 0 Å². The summed E-state index contributed by atoms with van der Waals surface area (Å²) in [5.41, 5.74) is 8.07. The summed E-state index contributed by atoms with van der Waals surface area (Å²) in [6.45, 7) is 6.30. The highest BCUT2D eigenvalue weighted by Crippen LogP contribution is 2.24. The first-order chi connectivity index (χ1) is 7.97. The molecular formula is C12H18N4O. The SMILES string of the molecule is CCN(C(=O)NC(=N)N)c1c(C)cccc1C. The number of guanidine groups is 1. The first-order valence-corrected chi connectivity index (χ1v) is 5.46. The molecule has 1 aromatic rings. The number of amides is 2. The monoisotopic (exact) mass is 234 g/mol. The number of benzene rings is 1. The van der Waals surface area contributed by atoms with Crippen molar-refractivity contribution in [2.75, 3.05) is 11.4 Å². The Labute approximate surface area is 101 Å². The van der Waals surface area contributed by atoms with Gasteiger partial charge >= 0.3 is 6.03 Å². The third-order valence-corrected chi connectivity index (χ3v) is 2.51. The Balaban J connectivity index is 3.09. The fourth-order valence-corrected chi connectivity index (χ4v) is 1.82. The van der Waals surface area contributed by atoms with Gasteiger partial charge in [0.1, 0.15) is 0 Å². The van der Waals surface area contributed by atoms with Crippen molar-refractivity contribution < 1.29 is 4.79 Å². The molecule has 1 aromatic carbocycles. The average Bonchev–Trinajstić information content (AvgIpc) is 2.22. The van der Waals surface area contributed by atoms with E-state index in [4.69, 9.17) is 11.1 Å². The molecule has 0 spiro atoms. The summed E-state index contributed by atoms with van der Waals surface area (Å²) in [6.07, 6.45) is 0. The van der Waals surface area contributed by atoms with Crippen LogP contribution in [0.3, 0.4) is 0 Å². The number of carbonyl (C=O) groups excluding carboxylic acids is 1. The molecule has 0 aromatic heterocycles.